The van der Waals surface area contributed by atoms with Gasteiger partial charge >= 0.3 is 6.09 Å². The number of sulfone groups is 1. The molecule has 0 spiro atoms. The number of fused-ring (bicyclic) bond motifs is 1. The molecule has 6 rings (SSSR count). The zero-order valence-corrected chi connectivity index (χ0v) is 26.8. The Kier molecular flexibility index (Phi) is 8.30. The van der Waals surface area contributed by atoms with Gasteiger partial charge in [-0.05, 0) is 76.1 Å². The van der Waals surface area contributed by atoms with Gasteiger partial charge in [0.1, 0.15) is 23.0 Å². The van der Waals surface area contributed by atoms with E-state index >= 15 is 0 Å². The molecule has 1 aliphatic carbocycles. The van der Waals surface area contributed by atoms with E-state index in [4.69, 9.17) is 14.2 Å². The summed E-state index contributed by atoms with van der Waals surface area (Å²) in [7, 11) is -1.48. The van der Waals surface area contributed by atoms with Gasteiger partial charge in [-0.1, -0.05) is 6.07 Å². The van der Waals surface area contributed by atoms with Crippen LogP contribution < -0.4 is 10.3 Å². The quantitative estimate of drug-likeness (QED) is 0.376. The van der Waals surface area contributed by atoms with Crippen molar-refractivity contribution in [2.24, 2.45) is 13.0 Å². The predicted octanol–water partition coefficient (Wildman–Crippen LogP) is 5.36. The van der Waals surface area contributed by atoms with Gasteiger partial charge in [0.15, 0.2) is 9.84 Å². The first-order valence-corrected chi connectivity index (χ1v) is 17.4. The molecule has 1 N–H and O–H groups in total. The Morgan fingerprint density at radius 1 is 1.05 bits per heavy atom. The van der Waals surface area contributed by atoms with Gasteiger partial charge in [-0.2, -0.15) is 0 Å². The maximum absolute atomic E-state index is 12.8. The van der Waals surface area contributed by atoms with E-state index in [1.807, 2.05) is 45.0 Å². The molecule has 1 aromatic carbocycles. The Balaban J connectivity index is 1.11. The second kappa shape index (κ2) is 11.9. The lowest BCUT2D eigenvalue weighted by Crippen LogP contribution is -2.44. The first kappa shape index (κ1) is 30.7. The summed E-state index contributed by atoms with van der Waals surface area (Å²) in [5.74, 6) is 1.29. The molecule has 1 amide bonds. The van der Waals surface area contributed by atoms with Crippen molar-refractivity contribution in [3.63, 3.8) is 0 Å². The molecular weight excluding hydrogens is 582 g/mol. The number of rotatable bonds is 7. The van der Waals surface area contributed by atoms with Crippen molar-refractivity contribution >= 4 is 26.8 Å². The fourth-order valence-corrected chi connectivity index (χ4v) is 8.46. The molecule has 0 radical (unpaired) electrons. The smallest absolute Gasteiger partial charge is 0.410 e. The number of nitrogens with one attached hydrogen (secondary N) is 1. The van der Waals surface area contributed by atoms with Crippen LogP contribution in [0.4, 0.5) is 4.79 Å². The number of carbonyl (C=O) groups excluding carboxylic acids is 1. The summed E-state index contributed by atoms with van der Waals surface area (Å²) in [4.78, 5) is 29.9. The molecule has 3 aromatic rings. The van der Waals surface area contributed by atoms with Crippen LogP contribution in [0, 0.1) is 5.92 Å². The van der Waals surface area contributed by atoms with Crippen molar-refractivity contribution in [1.82, 2.24) is 14.5 Å². The van der Waals surface area contributed by atoms with E-state index in [0.29, 0.717) is 49.7 Å². The van der Waals surface area contributed by atoms with Crippen LogP contribution in [0.15, 0.2) is 41.5 Å². The number of aryl methyl sites for hydroxylation is 1. The van der Waals surface area contributed by atoms with Crippen molar-refractivity contribution in [2.75, 3.05) is 25.4 Å². The number of hydrogen-bond acceptors (Lipinski definition) is 7. The van der Waals surface area contributed by atoms with Gasteiger partial charge in [0.05, 0.1) is 17.1 Å². The number of ether oxygens (including phenoxy) is 3. The van der Waals surface area contributed by atoms with Crippen LogP contribution in [0.1, 0.15) is 70.1 Å². The van der Waals surface area contributed by atoms with E-state index in [9.17, 15) is 18.0 Å². The maximum atomic E-state index is 12.8. The number of carbonyl (C=O) groups is 1. The highest BCUT2D eigenvalue weighted by Gasteiger charge is 2.36. The molecule has 1 unspecified atom stereocenters. The van der Waals surface area contributed by atoms with Crippen LogP contribution in [0.2, 0.25) is 0 Å². The average Bonchev–Trinajstić information content (AvgIpc) is 3.58. The second-order valence-electron chi connectivity index (χ2n) is 13.6. The van der Waals surface area contributed by atoms with E-state index in [-0.39, 0.29) is 29.6 Å². The summed E-state index contributed by atoms with van der Waals surface area (Å²) in [6.45, 7) is 7.67. The number of aromatic amines is 1. The molecule has 238 valence electrons. The molecule has 1 atom stereocenters. The number of amides is 1. The standard InChI is InChI=1S/C33H43N3O7S/c1-33(2,3)43-32(38)36-13-10-21(11-14-36)20-41-23-17-24(18-23)42-28-8-7-22(29-6-5-15-44(29,39)40)16-26(28)27-19-35(4)31(37)30-25(27)9-12-34-30/h7-9,12,16,19,21,23-24,29,34H,5-6,10-11,13-15,17-18,20H2,1-4H3. The number of pyridine rings is 1. The lowest BCUT2D eigenvalue weighted by molar-refractivity contribution is -0.0761. The minimum atomic E-state index is -3.20. The molecule has 0 bridgehead atoms. The highest BCUT2D eigenvalue weighted by molar-refractivity contribution is 7.91. The molecule has 1 saturated carbocycles. The number of piperidine rings is 1. The van der Waals surface area contributed by atoms with Gasteiger partial charge in [0, 0.05) is 68.5 Å². The SMILES string of the molecule is Cn1cc(-c2cc(C3CCCS3(=O)=O)ccc2OC2CC(OCC3CCN(C(=O)OC(C)(C)C)CC3)C2)c2cc[nH]c2c1=O. The lowest BCUT2D eigenvalue weighted by Gasteiger charge is -2.38. The number of aromatic nitrogens is 2. The highest BCUT2D eigenvalue weighted by Crippen LogP contribution is 2.42. The van der Waals surface area contributed by atoms with Crippen molar-refractivity contribution in [3.05, 3.63) is 52.6 Å². The van der Waals surface area contributed by atoms with Crippen molar-refractivity contribution in [3.8, 4) is 16.9 Å². The molecule has 2 saturated heterocycles. The summed E-state index contributed by atoms with van der Waals surface area (Å²) < 4.78 is 45.4. The van der Waals surface area contributed by atoms with Crippen molar-refractivity contribution < 1.29 is 27.4 Å². The van der Waals surface area contributed by atoms with Crippen molar-refractivity contribution in [2.45, 2.75) is 82.4 Å². The molecular formula is C33H43N3O7S. The van der Waals surface area contributed by atoms with E-state index in [1.54, 1.807) is 28.9 Å². The summed E-state index contributed by atoms with van der Waals surface area (Å²) in [6.07, 6.45) is 7.98. The number of likely N-dealkylation sites (tertiary alicyclic amines) is 1. The number of nitrogens with zero attached hydrogens (tertiary/aromatic N) is 2. The predicted molar refractivity (Wildman–Crippen MR) is 169 cm³/mol. The second-order valence-corrected chi connectivity index (χ2v) is 15.9. The summed E-state index contributed by atoms with van der Waals surface area (Å²) >= 11 is 0. The third-order valence-corrected chi connectivity index (χ3v) is 11.3. The Bertz CT molecular complexity index is 1690. The Morgan fingerprint density at radius 2 is 1.80 bits per heavy atom. The molecule has 2 aromatic heterocycles. The molecule has 44 heavy (non-hydrogen) atoms. The number of benzene rings is 1. The lowest BCUT2D eigenvalue weighted by atomic mass is 9.91. The third kappa shape index (κ3) is 6.40. The minimum absolute atomic E-state index is 0.0249. The van der Waals surface area contributed by atoms with Crippen molar-refractivity contribution in [1.29, 1.82) is 0 Å². The van der Waals surface area contributed by atoms with Crippen LogP contribution in [0.25, 0.3) is 22.0 Å². The van der Waals surface area contributed by atoms with Crippen LogP contribution >= 0.6 is 0 Å². The molecule has 2 aliphatic heterocycles. The maximum Gasteiger partial charge on any atom is 0.410 e. The summed E-state index contributed by atoms with van der Waals surface area (Å²) in [5.41, 5.74) is 2.25. The zero-order valence-electron chi connectivity index (χ0n) is 26.0. The fraction of sp³-hybridized carbons (Fsp3) is 0.576. The van der Waals surface area contributed by atoms with E-state index < -0.39 is 20.7 Å². The molecule has 10 nitrogen and oxygen atoms in total. The topological polar surface area (TPSA) is 120 Å². The van der Waals surface area contributed by atoms with Gasteiger partial charge in [0.25, 0.3) is 5.56 Å². The van der Waals surface area contributed by atoms with Gasteiger partial charge in [-0.3, -0.25) is 4.79 Å². The average molecular weight is 626 g/mol. The van der Waals surface area contributed by atoms with Gasteiger partial charge in [-0.25, -0.2) is 13.2 Å². The summed E-state index contributed by atoms with van der Waals surface area (Å²) in [5, 5.41) is 0.249. The van der Waals surface area contributed by atoms with Crippen LogP contribution in [0.5, 0.6) is 5.75 Å². The van der Waals surface area contributed by atoms with Crippen LogP contribution in [0.3, 0.4) is 0 Å². The Morgan fingerprint density at radius 3 is 2.48 bits per heavy atom. The monoisotopic (exact) mass is 625 g/mol. The van der Waals surface area contributed by atoms with E-state index in [2.05, 4.69) is 4.98 Å². The van der Waals surface area contributed by atoms with Crippen LogP contribution in [-0.2, 0) is 26.4 Å². The fourth-order valence-electron chi connectivity index (χ4n) is 6.52. The summed E-state index contributed by atoms with van der Waals surface area (Å²) in [6, 6.07) is 7.57. The number of hydrogen-bond donors (Lipinski definition) is 1. The Labute approximate surface area is 258 Å². The zero-order chi connectivity index (χ0) is 31.2. The minimum Gasteiger partial charge on any atom is -0.490 e. The Hall–Kier alpha value is -3.31. The third-order valence-electron chi connectivity index (χ3n) is 9.07. The first-order chi connectivity index (χ1) is 20.9. The largest absolute Gasteiger partial charge is 0.490 e. The molecule has 3 fully saturated rings. The first-order valence-electron chi connectivity index (χ1n) is 15.7. The molecule has 4 heterocycles. The van der Waals surface area contributed by atoms with Gasteiger partial charge < -0.3 is 28.7 Å². The van der Waals surface area contributed by atoms with E-state index in [1.165, 1.54) is 0 Å². The molecule has 3 aliphatic rings. The van der Waals surface area contributed by atoms with E-state index in [0.717, 1.165) is 47.8 Å². The van der Waals surface area contributed by atoms with Gasteiger partial charge in [0.2, 0.25) is 0 Å². The highest BCUT2D eigenvalue weighted by atomic mass is 32.2. The van der Waals surface area contributed by atoms with Gasteiger partial charge in [-0.15, -0.1) is 0 Å². The molecule has 11 heteroatoms. The number of H-pyrrole nitrogens is 1. The normalized spacial score (nSPS) is 23.9. The van der Waals surface area contributed by atoms with Crippen LogP contribution in [-0.4, -0.2) is 72.2 Å².